The molecular formula is C11H6N2O3. The molecule has 1 N–H and O–H groups in total. The third kappa shape index (κ3) is 1.33. The molecule has 16 heavy (non-hydrogen) atoms. The largest absolute Gasteiger partial charge is 0.866 e. The van der Waals surface area contributed by atoms with Gasteiger partial charge in [0.05, 0.1) is 10.9 Å². The molecular weight excluding hydrogens is 208 g/mol. The highest BCUT2D eigenvalue weighted by Crippen LogP contribution is 2.36. The highest BCUT2D eigenvalue weighted by atomic mass is 16.4. The van der Waals surface area contributed by atoms with E-state index in [4.69, 9.17) is 10.5 Å². The Morgan fingerprint density at radius 3 is 2.69 bits per heavy atom. The Hall–Kier alpha value is -2.61. The lowest BCUT2D eigenvalue weighted by Gasteiger charge is -2.08. The van der Waals surface area contributed by atoms with Crippen LogP contribution in [-0.2, 0) is 0 Å². The number of fused-ring (bicyclic) bond motifs is 1. The van der Waals surface area contributed by atoms with Crippen LogP contribution in [-0.4, -0.2) is 11.1 Å². The van der Waals surface area contributed by atoms with Gasteiger partial charge in [-0.3, -0.25) is 0 Å². The Balaban J connectivity index is 2.95. The summed E-state index contributed by atoms with van der Waals surface area (Å²) in [7, 11) is 0. The van der Waals surface area contributed by atoms with Crippen molar-refractivity contribution >= 4 is 22.4 Å². The lowest BCUT2D eigenvalue weighted by Crippen LogP contribution is -2.04. The summed E-state index contributed by atoms with van der Waals surface area (Å²) in [6.45, 7) is 0. The number of hydrogen-bond donors (Lipinski definition) is 1. The summed E-state index contributed by atoms with van der Waals surface area (Å²) in [6.07, 6.45) is 0. The van der Waals surface area contributed by atoms with E-state index in [0.717, 1.165) is 0 Å². The first-order valence-electron chi connectivity index (χ1n) is 4.46. The molecule has 0 spiro atoms. The fourth-order valence-electron chi connectivity index (χ4n) is 1.57. The minimum Gasteiger partial charge on any atom is -0.866 e. The Bertz CT molecular complexity index is 629. The topological polar surface area (TPSA) is 88.5 Å². The maximum absolute atomic E-state index is 11.6. The molecule has 0 radical (unpaired) electrons. The molecule has 0 aliphatic heterocycles. The molecule has 0 aliphatic rings. The molecule has 0 atom stereocenters. The molecule has 2 aromatic rings. The summed E-state index contributed by atoms with van der Waals surface area (Å²) in [4.78, 5) is 13.7. The first-order valence-corrected chi connectivity index (χ1v) is 4.46. The zero-order chi connectivity index (χ0) is 11.7. The van der Waals surface area contributed by atoms with Crippen LogP contribution < -0.4 is 5.11 Å². The van der Waals surface area contributed by atoms with Gasteiger partial charge in [0.25, 0.3) is 0 Å². The Kier molecular flexibility index (Phi) is 2.18. The fourth-order valence-corrected chi connectivity index (χ4v) is 1.57. The molecule has 0 heterocycles. The van der Waals surface area contributed by atoms with Crippen molar-refractivity contribution in [3.05, 3.63) is 40.9 Å². The van der Waals surface area contributed by atoms with Crippen LogP contribution in [0.1, 0.15) is 10.4 Å². The third-order valence-corrected chi connectivity index (χ3v) is 2.31. The summed E-state index contributed by atoms with van der Waals surface area (Å²) < 4.78 is 0. The second-order valence-electron chi connectivity index (χ2n) is 3.23. The monoisotopic (exact) mass is 214 g/mol. The number of carboxylic acids is 1. The smallest absolute Gasteiger partial charge is 0.385 e. The maximum Gasteiger partial charge on any atom is 0.385 e. The SMILES string of the molecule is N#[N+]c1c([O-])c(C(=O)O)cc2ccccc12. The van der Waals surface area contributed by atoms with Crippen LogP contribution in [0.25, 0.3) is 15.7 Å². The van der Waals surface area contributed by atoms with Gasteiger partial charge in [0.2, 0.25) is 5.39 Å². The molecule has 0 saturated heterocycles. The van der Waals surface area contributed by atoms with Gasteiger partial charge < -0.3 is 10.2 Å². The summed E-state index contributed by atoms with van der Waals surface area (Å²) in [5.74, 6) is -2.12. The van der Waals surface area contributed by atoms with E-state index >= 15 is 0 Å². The van der Waals surface area contributed by atoms with Crippen molar-refractivity contribution in [2.45, 2.75) is 0 Å². The summed E-state index contributed by atoms with van der Waals surface area (Å²) in [6, 6.07) is 7.90. The van der Waals surface area contributed by atoms with E-state index in [2.05, 4.69) is 4.98 Å². The molecule has 78 valence electrons. The number of benzene rings is 2. The minimum atomic E-state index is -1.33. The van der Waals surface area contributed by atoms with Crippen LogP contribution in [0.4, 0.5) is 5.69 Å². The van der Waals surface area contributed by atoms with E-state index in [9.17, 15) is 9.90 Å². The molecule has 5 nitrogen and oxygen atoms in total. The number of aromatic carboxylic acids is 1. The number of nitrogens with zero attached hydrogens (tertiary/aromatic N) is 2. The van der Waals surface area contributed by atoms with Crippen LogP contribution in [0.15, 0.2) is 30.3 Å². The molecule has 2 rings (SSSR count). The van der Waals surface area contributed by atoms with Gasteiger partial charge in [-0.25, -0.2) is 4.79 Å². The number of diazo groups is 1. The molecule has 0 aliphatic carbocycles. The number of rotatable bonds is 1. The standard InChI is InChI=1S/C11H6N2O3/c12-13-9-7-4-2-1-3-6(7)5-8(10(9)14)11(15)16/h1-5H,(H-,14,15,16). The average Bonchev–Trinajstić information content (AvgIpc) is 2.28. The first kappa shape index (κ1) is 9.93. The van der Waals surface area contributed by atoms with Gasteiger partial charge in [-0.05, 0) is 17.5 Å². The third-order valence-electron chi connectivity index (χ3n) is 2.31. The average molecular weight is 214 g/mol. The van der Waals surface area contributed by atoms with Crippen molar-refractivity contribution in [2.75, 3.05) is 0 Å². The lowest BCUT2D eigenvalue weighted by molar-refractivity contribution is -0.267. The van der Waals surface area contributed by atoms with Gasteiger partial charge in [0.15, 0.2) is 4.98 Å². The number of hydrogen-bond acceptors (Lipinski definition) is 3. The van der Waals surface area contributed by atoms with Crippen LogP contribution in [0.3, 0.4) is 0 Å². The first-order chi connectivity index (χ1) is 7.65. The van der Waals surface area contributed by atoms with Gasteiger partial charge in [0, 0.05) is 5.75 Å². The highest BCUT2D eigenvalue weighted by molar-refractivity contribution is 6.05. The Morgan fingerprint density at radius 2 is 2.06 bits per heavy atom. The van der Waals surface area contributed by atoms with E-state index in [1.165, 1.54) is 6.07 Å². The Labute approximate surface area is 90.2 Å². The summed E-state index contributed by atoms with van der Waals surface area (Å²) >= 11 is 0. The van der Waals surface area contributed by atoms with Crippen LogP contribution >= 0.6 is 0 Å². The quantitative estimate of drug-likeness (QED) is 0.736. The van der Waals surface area contributed by atoms with Gasteiger partial charge in [-0.15, -0.1) is 0 Å². The van der Waals surface area contributed by atoms with E-state index in [1.54, 1.807) is 24.3 Å². The molecule has 5 heteroatoms. The highest BCUT2D eigenvalue weighted by Gasteiger charge is 2.19. The van der Waals surface area contributed by atoms with Gasteiger partial charge in [-0.2, -0.15) is 0 Å². The van der Waals surface area contributed by atoms with Crippen molar-refractivity contribution in [1.82, 2.24) is 0 Å². The molecule has 0 fully saturated rings. The molecule has 0 saturated carbocycles. The van der Waals surface area contributed by atoms with E-state index < -0.39 is 17.3 Å². The van der Waals surface area contributed by atoms with E-state index in [1.807, 2.05) is 0 Å². The van der Waals surface area contributed by atoms with Crippen molar-refractivity contribution in [1.29, 1.82) is 5.39 Å². The second kappa shape index (κ2) is 3.51. The molecule has 0 amide bonds. The number of carboxylic acid groups (broad SMARTS) is 1. The number of carbonyl (C=O) groups is 1. The zero-order valence-electron chi connectivity index (χ0n) is 8.04. The zero-order valence-corrected chi connectivity index (χ0v) is 8.04. The predicted octanol–water partition coefficient (Wildman–Crippen LogP) is 2.10. The van der Waals surface area contributed by atoms with Crippen LogP contribution in [0.5, 0.6) is 5.75 Å². The Morgan fingerprint density at radius 1 is 1.38 bits per heavy atom. The molecule has 2 aromatic carbocycles. The molecule has 0 unspecified atom stereocenters. The fraction of sp³-hybridized carbons (Fsp3) is 0. The summed E-state index contributed by atoms with van der Waals surface area (Å²) in [5, 5.41) is 30.2. The molecule has 0 bridgehead atoms. The van der Waals surface area contributed by atoms with Crippen molar-refractivity contribution in [3.63, 3.8) is 0 Å². The second-order valence-corrected chi connectivity index (χ2v) is 3.23. The van der Waals surface area contributed by atoms with Crippen LogP contribution in [0.2, 0.25) is 0 Å². The van der Waals surface area contributed by atoms with E-state index in [-0.39, 0.29) is 5.69 Å². The normalized spacial score (nSPS) is 9.94. The van der Waals surface area contributed by atoms with Crippen molar-refractivity contribution in [2.24, 2.45) is 0 Å². The van der Waals surface area contributed by atoms with Crippen LogP contribution in [0, 0.1) is 5.39 Å². The van der Waals surface area contributed by atoms with E-state index in [0.29, 0.717) is 10.8 Å². The van der Waals surface area contributed by atoms with Gasteiger partial charge in [-0.1, -0.05) is 18.2 Å². The van der Waals surface area contributed by atoms with Gasteiger partial charge in [0.1, 0.15) is 0 Å². The van der Waals surface area contributed by atoms with Crippen molar-refractivity contribution in [3.8, 4) is 5.75 Å². The maximum atomic E-state index is 11.6. The van der Waals surface area contributed by atoms with Gasteiger partial charge >= 0.3 is 11.7 Å². The minimum absolute atomic E-state index is 0.240. The predicted molar refractivity (Wildman–Crippen MR) is 55.1 cm³/mol. The summed E-state index contributed by atoms with van der Waals surface area (Å²) in [5.41, 5.74) is -0.637. The molecule has 0 aromatic heterocycles. The lowest BCUT2D eigenvalue weighted by atomic mass is 10.0. The van der Waals surface area contributed by atoms with Crippen molar-refractivity contribution < 1.29 is 15.0 Å².